The fourth-order valence-corrected chi connectivity index (χ4v) is 2.83. The minimum Gasteiger partial charge on any atom is -0.490 e. The van der Waals surface area contributed by atoms with E-state index in [1.807, 2.05) is 43.3 Å². The van der Waals surface area contributed by atoms with Crippen LogP contribution in [0.2, 0.25) is 10.0 Å². The summed E-state index contributed by atoms with van der Waals surface area (Å²) >= 11 is 12.3. The molecule has 0 unspecified atom stereocenters. The van der Waals surface area contributed by atoms with Crippen LogP contribution in [-0.2, 0) is 13.2 Å². The number of rotatable bonds is 8. The number of nitrogens with one attached hydrogen (secondary N) is 1. The fraction of sp³-hybridized carbons (Fsp3) is 0.368. The normalized spacial score (nSPS) is 13.2. The Hall–Kier alpha value is -1.13. The summed E-state index contributed by atoms with van der Waals surface area (Å²) in [5, 5.41) is 4.76. The Kier molecular flexibility index (Phi) is 7.70. The highest BCUT2D eigenvalue weighted by Crippen LogP contribution is 2.37. The van der Waals surface area contributed by atoms with Crippen molar-refractivity contribution in [2.45, 2.75) is 39.0 Å². The zero-order valence-corrected chi connectivity index (χ0v) is 16.4. The lowest BCUT2D eigenvalue weighted by molar-refractivity contribution is 0.269. The summed E-state index contributed by atoms with van der Waals surface area (Å²) < 4.78 is 11.6. The first-order valence-corrected chi connectivity index (χ1v) is 8.97. The highest BCUT2D eigenvalue weighted by molar-refractivity contribution is 6.32. The van der Waals surface area contributed by atoms with E-state index < -0.39 is 0 Å². The molecule has 1 N–H and O–H groups in total. The molecule has 0 saturated heterocycles. The van der Waals surface area contributed by atoms with Gasteiger partial charge in [0.2, 0.25) is 0 Å². The lowest BCUT2D eigenvalue weighted by Crippen LogP contribution is -2.15. The Morgan fingerprint density at radius 3 is 2.40 bits per heavy atom. The summed E-state index contributed by atoms with van der Waals surface area (Å²) in [5.74, 6) is 1.27. The third-order valence-corrected chi connectivity index (χ3v) is 4.37. The van der Waals surface area contributed by atoms with Crippen molar-refractivity contribution < 1.29 is 9.47 Å². The Morgan fingerprint density at radius 1 is 1.04 bits per heavy atom. The molecule has 0 bridgehead atoms. The van der Waals surface area contributed by atoms with Crippen LogP contribution in [0.15, 0.2) is 36.4 Å². The van der Waals surface area contributed by atoms with Crippen molar-refractivity contribution in [3.63, 3.8) is 0 Å². The molecule has 1 aliphatic rings. The van der Waals surface area contributed by atoms with Crippen LogP contribution in [0.3, 0.4) is 0 Å². The van der Waals surface area contributed by atoms with Gasteiger partial charge in [0.15, 0.2) is 11.5 Å². The molecule has 3 rings (SSSR count). The SMILES string of the molecule is CCOc1cc(CNC2CC2)cc(Cl)c1OCc1ccc(Cl)cc1.Cl. The second-order valence-electron chi connectivity index (χ2n) is 5.91. The van der Waals surface area contributed by atoms with Gasteiger partial charge in [0.05, 0.1) is 11.6 Å². The average molecular weight is 403 g/mol. The predicted molar refractivity (Wildman–Crippen MR) is 106 cm³/mol. The van der Waals surface area contributed by atoms with Crippen molar-refractivity contribution in [3.05, 3.63) is 57.6 Å². The van der Waals surface area contributed by atoms with Crippen molar-refractivity contribution >= 4 is 35.6 Å². The van der Waals surface area contributed by atoms with Crippen LogP contribution in [0, 0.1) is 0 Å². The van der Waals surface area contributed by atoms with Crippen LogP contribution in [0.4, 0.5) is 0 Å². The summed E-state index contributed by atoms with van der Waals surface area (Å²) in [6.07, 6.45) is 2.52. The molecule has 3 nitrogen and oxygen atoms in total. The number of benzene rings is 2. The number of hydrogen-bond donors (Lipinski definition) is 1. The zero-order chi connectivity index (χ0) is 16.9. The fourth-order valence-electron chi connectivity index (χ4n) is 2.41. The van der Waals surface area contributed by atoms with Gasteiger partial charge < -0.3 is 14.8 Å². The summed E-state index contributed by atoms with van der Waals surface area (Å²) in [6, 6.07) is 12.2. The maximum Gasteiger partial charge on any atom is 0.180 e. The maximum atomic E-state index is 6.44. The summed E-state index contributed by atoms with van der Waals surface area (Å²) in [6.45, 7) is 3.72. The molecule has 0 spiro atoms. The van der Waals surface area contributed by atoms with E-state index in [-0.39, 0.29) is 12.4 Å². The summed E-state index contributed by atoms with van der Waals surface area (Å²) in [7, 11) is 0. The number of hydrogen-bond acceptors (Lipinski definition) is 3. The van der Waals surface area contributed by atoms with Crippen LogP contribution < -0.4 is 14.8 Å². The van der Waals surface area contributed by atoms with Gasteiger partial charge in [-0.15, -0.1) is 12.4 Å². The molecule has 2 aromatic rings. The van der Waals surface area contributed by atoms with Gasteiger partial charge in [-0.05, 0) is 55.2 Å². The van der Waals surface area contributed by atoms with Crippen LogP contribution in [0.1, 0.15) is 30.9 Å². The highest BCUT2D eigenvalue weighted by atomic mass is 35.5. The molecular weight excluding hydrogens is 381 g/mol. The zero-order valence-electron chi connectivity index (χ0n) is 14.1. The molecule has 136 valence electrons. The van der Waals surface area contributed by atoms with Crippen molar-refractivity contribution in [1.82, 2.24) is 5.32 Å². The molecule has 1 aliphatic carbocycles. The molecule has 0 amide bonds. The first-order valence-electron chi connectivity index (χ1n) is 8.21. The van der Waals surface area contributed by atoms with Gasteiger partial charge in [-0.2, -0.15) is 0 Å². The van der Waals surface area contributed by atoms with Crippen molar-refractivity contribution in [3.8, 4) is 11.5 Å². The van der Waals surface area contributed by atoms with Gasteiger partial charge >= 0.3 is 0 Å². The molecular formula is C19H22Cl3NO2. The molecule has 0 atom stereocenters. The third kappa shape index (κ3) is 5.96. The van der Waals surface area contributed by atoms with Gasteiger partial charge in [0.1, 0.15) is 6.61 Å². The molecule has 0 radical (unpaired) electrons. The molecule has 0 heterocycles. The largest absolute Gasteiger partial charge is 0.490 e. The van der Waals surface area contributed by atoms with E-state index >= 15 is 0 Å². The van der Waals surface area contributed by atoms with Crippen LogP contribution >= 0.6 is 35.6 Å². The van der Waals surface area contributed by atoms with E-state index in [9.17, 15) is 0 Å². The van der Waals surface area contributed by atoms with E-state index in [1.54, 1.807) is 0 Å². The molecule has 0 aliphatic heterocycles. The van der Waals surface area contributed by atoms with Gasteiger partial charge in [-0.25, -0.2) is 0 Å². The lowest BCUT2D eigenvalue weighted by atomic mass is 10.2. The lowest BCUT2D eigenvalue weighted by Gasteiger charge is -2.15. The Labute approximate surface area is 165 Å². The molecule has 6 heteroatoms. The molecule has 25 heavy (non-hydrogen) atoms. The minimum atomic E-state index is 0. The number of halogens is 3. The quantitative estimate of drug-likeness (QED) is 0.619. The number of ether oxygens (including phenoxy) is 2. The van der Waals surface area contributed by atoms with Gasteiger partial charge in [-0.1, -0.05) is 35.3 Å². The average Bonchev–Trinajstić information content (AvgIpc) is 3.38. The summed E-state index contributed by atoms with van der Waals surface area (Å²) in [5.41, 5.74) is 2.13. The van der Waals surface area contributed by atoms with Gasteiger partial charge in [0.25, 0.3) is 0 Å². The van der Waals surface area contributed by atoms with Crippen LogP contribution in [0.25, 0.3) is 0 Å². The predicted octanol–water partition coefficient (Wildman–Crippen LogP) is 5.64. The highest BCUT2D eigenvalue weighted by Gasteiger charge is 2.20. The van der Waals surface area contributed by atoms with Crippen LogP contribution in [-0.4, -0.2) is 12.6 Å². The van der Waals surface area contributed by atoms with Gasteiger partial charge in [-0.3, -0.25) is 0 Å². The minimum absolute atomic E-state index is 0. The summed E-state index contributed by atoms with van der Waals surface area (Å²) in [4.78, 5) is 0. The smallest absolute Gasteiger partial charge is 0.180 e. The molecule has 0 aromatic heterocycles. The van der Waals surface area contributed by atoms with Crippen molar-refractivity contribution in [2.75, 3.05) is 6.61 Å². The van der Waals surface area contributed by atoms with E-state index in [4.69, 9.17) is 32.7 Å². The van der Waals surface area contributed by atoms with E-state index in [0.717, 1.165) is 17.7 Å². The third-order valence-electron chi connectivity index (χ3n) is 3.84. The second kappa shape index (κ2) is 9.54. The first kappa shape index (κ1) is 20.2. The topological polar surface area (TPSA) is 30.5 Å². The molecule has 1 fully saturated rings. The Balaban J connectivity index is 0.00000225. The van der Waals surface area contributed by atoms with Crippen molar-refractivity contribution in [2.24, 2.45) is 0 Å². The first-order chi connectivity index (χ1) is 11.7. The van der Waals surface area contributed by atoms with E-state index in [2.05, 4.69) is 5.32 Å². The van der Waals surface area contributed by atoms with Crippen molar-refractivity contribution in [1.29, 1.82) is 0 Å². The monoisotopic (exact) mass is 401 g/mol. The van der Waals surface area contributed by atoms with Gasteiger partial charge in [0, 0.05) is 17.6 Å². The second-order valence-corrected chi connectivity index (χ2v) is 6.75. The molecule has 1 saturated carbocycles. The Bertz CT molecular complexity index is 688. The molecule has 2 aromatic carbocycles. The Morgan fingerprint density at radius 2 is 1.76 bits per heavy atom. The maximum absolute atomic E-state index is 6.44. The van der Waals surface area contributed by atoms with E-state index in [0.29, 0.717) is 40.8 Å². The van der Waals surface area contributed by atoms with Crippen LogP contribution in [0.5, 0.6) is 11.5 Å². The standard InChI is InChI=1S/C19H21Cl2NO2.ClH/c1-2-23-18-10-14(11-22-16-7-8-16)9-17(21)19(18)24-12-13-3-5-15(20)6-4-13;/h3-6,9-10,16,22H,2,7-8,11-12H2,1H3;1H. The van der Waals surface area contributed by atoms with E-state index in [1.165, 1.54) is 12.8 Å².